The molecule has 0 spiro atoms. The van der Waals surface area contributed by atoms with Gasteiger partial charge in [-0.1, -0.05) is 11.6 Å². The first-order valence-corrected chi connectivity index (χ1v) is 7.09. The number of carbonyl (C=O) groups is 1. The monoisotopic (exact) mass is 381 g/mol. The highest BCUT2D eigenvalue weighted by atomic mass is 127. The van der Waals surface area contributed by atoms with Gasteiger partial charge in [-0.2, -0.15) is 0 Å². The van der Waals surface area contributed by atoms with Crippen molar-refractivity contribution in [3.8, 4) is 0 Å². The molecule has 0 aromatic heterocycles. The topological polar surface area (TPSA) is 38.3 Å². The largest absolute Gasteiger partial charge is 0.458 e. The molecule has 1 rings (SSSR count). The summed E-state index contributed by atoms with van der Waals surface area (Å²) in [7, 11) is 0. The zero-order valence-corrected chi connectivity index (χ0v) is 13.8. The number of benzene rings is 1. The number of anilines is 1. The zero-order chi connectivity index (χ0) is 13.9. The Morgan fingerprint density at radius 1 is 1.44 bits per heavy atom. The van der Waals surface area contributed by atoms with Crippen LogP contribution < -0.4 is 5.32 Å². The molecule has 100 valence electrons. The van der Waals surface area contributed by atoms with Crippen LogP contribution in [-0.2, 0) is 9.53 Å². The fourth-order valence-corrected chi connectivity index (χ4v) is 2.32. The molecule has 0 aliphatic rings. The third kappa shape index (κ3) is 5.02. The van der Waals surface area contributed by atoms with Gasteiger partial charge in [-0.05, 0) is 68.5 Å². The fourth-order valence-electron chi connectivity index (χ4n) is 1.29. The smallest absolute Gasteiger partial charge is 0.328 e. The fraction of sp³-hybridized carbons (Fsp3) is 0.462. The van der Waals surface area contributed by atoms with Crippen LogP contribution >= 0.6 is 34.2 Å². The van der Waals surface area contributed by atoms with Crippen molar-refractivity contribution in [1.29, 1.82) is 0 Å². The van der Waals surface area contributed by atoms with Crippen molar-refractivity contribution >= 4 is 45.8 Å². The maximum atomic E-state index is 11.8. The van der Waals surface area contributed by atoms with E-state index in [-0.39, 0.29) is 5.97 Å². The highest BCUT2D eigenvalue weighted by Crippen LogP contribution is 2.23. The van der Waals surface area contributed by atoms with E-state index in [1.165, 1.54) is 0 Å². The summed E-state index contributed by atoms with van der Waals surface area (Å²) in [4.78, 5) is 11.8. The van der Waals surface area contributed by atoms with Gasteiger partial charge in [-0.3, -0.25) is 0 Å². The van der Waals surface area contributed by atoms with Crippen LogP contribution in [0.3, 0.4) is 0 Å². The molecule has 0 fully saturated rings. The molecular weight excluding hydrogens is 365 g/mol. The minimum atomic E-state index is -0.472. The Balaban J connectivity index is 2.69. The van der Waals surface area contributed by atoms with E-state index in [9.17, 15) is 4.79 Å². The first kappa shape index (κ1) is 15.6. The van der Waals surface area contributed by atoms with Gasteiger partial charge in [0.2, 0.25) is 0 Å². The number of hydrogen-bond acceptors (Lipinski definition) is 3. The van der Waals surface area contributed by atoms with E-state index in [1.807, 2.05) is 32.9 Å². The van der Waals surface area contributed by atoms with Crippen molar-refractivity contribution in [2.45, 2.75) is 39.3 Å². The Bertz CT molecular complexity index is 443. The van der Waals surface area contributed by atoms with E-state index < -0.39 is 11.6 Å². The molecule has 0 amide bonds. The predicted octanol–water partition coefficient (Wildman–Crippen LogP) is 4.09. The van der Waals surface area contributed by atoms with Crippen LogP contribution in [0.25, 0.3) is 0 Å². The third-order valence-corrected chi connectivity index (χ3v) is 3.19. The number of esters is 1. The molecule has 0 heterocycles. The second-order valence-electron chi connectivity index (χ2n) is 5.02. The van der Waals surface area contributed by atoms with Gasteiger partial charge in [0, 0.05) is 14.3 Å². The maximum absolute atomic E-state index is 11.8. The average Bonchev–Trinajstić information content (AvgIpc) is 2.19. The van der Waals surface area contributed by atoms with Crippen molar-refractivity contribution in [3.05, 3.63) is 26.8 Å². The van der Waals surface area contributed by atoms with Crippen LogP contribution in [0.1, 0.15) is 27.7 Å². The lowest BCUT2D eigenvalue weighted by atomic mass is 10.2. The number of rotatable bonds is 3. The molecule has 3 nitrogen and oxygen atoms in total. The highest BCUT2D eigenvalue weighted by Gasteiger charge is 2.21. The molecule has 0 saturated carbocycles. The molecule has 0 aliphatic carbocycles. The molecule has 5 heteroatoms. The summed E-state index contributed by atoms with van der Waals surface area (Å²) in [5.74, 6) is -0.270. The van der Waals surface area contributed by atoms with Gasteiger partial charge in [0.1, 0.15) is 11.6 Å². The Labute approximate surface area is 126 Å². The van der Waals surface area contributed by atoms with E-state index in [4.69, 9.17) is 16.3 Å². The molecule has 0 radical (unpaired) electrons. The highest BCUT2D eigenvalue weighted by molar-refractivity contribution is 14.1. The van der Waals surface area contributed by atoms with Gasteiger partial charge in [-0.15, -0.1) is 0 Å². The quantitative estimate of drug-likeness (QED) is 0.633. The van der Waals surface area contributed by atoms with Crippen LogP contribution in [0.2, 0.25) is 5.02 Å². The first-order valence-electron chi connectivity index (χ1n) is 5.63. The number of ether oxygens (including phenoxy) is 1. The molecule has 1 aromatic rings. The third-order valence-electron chi connectivity index (χ3n) is 2.06. The van der Waals surface area contributed by atoms with Crippen molar-refractivity contribution in [2.75, 3.05) is 5.32 Å². The molecule has 18 heavy (non-hydrogen) atoms. The summed E-state index contributed by atoms with van der Waals surface area (Å²) < 4.78 is 6.27. The van der Waals surface area contributed by atoms with Crippen molar-refractivity contribution in [3.63, 3.8) is 0 Å². The second kappa shape index (κ2) is 6.10. The Kier molecular flexibility index (Phi) is 5.28. The first-order chi connectivity index (χ1) is 8.19. The molecule has 0 bridgehead atoms. The second-order valence-corrected chi connectivity index (χ2v) is 6.62. The molecule has 0 aliphatic heterocycles. The lowest BCUT2D eigenvalue weighted by molar-refractivity contribution is -0.155. The van der Waals surface area contributed by atoms with Crippen molar-refractivity contribution in [2.24, 2.45) is 0 Å². The van der Waals surface area contributed by atoms with Gasteiger partial charge >= 0.3 is 5.97 Å². The van der Waals surface area contributed by atoms with Crippen molar-refractivity contribution < 1.29 is 9.53 Å². The molecule has 1 unspecified atom stereocenters. The number of halogens is 2. The van der Waals surface area contributed by atoms with E-state index >= 15 is 0 Å². The molecule has 1 N–H and O–H groups in total. The van der Waals surface area contributed by atoms with Crippen LogP contribution in [0, 0.1) is 3.57 Å². The minimum Gasteiger partial charge on any atom is -0.458 e. The van der Waals surface area contributed by atoms with Gasteiger partial charge in [0.05, 0.1) is 0 Å². The number of hydrogen-bond donors (Lipinski definition) is 1. The number of carbonyl (C=O) groups excluding carboxylic acids is 1. The molecule has 1 aromatic carbocycles. The molecule has 0 saturated heterocycles. The van der Waals surface area contributed by atoms with Gasteiger partial charge < -0.3 is 10.1 Å². The lowest BCUT2D eigenvalue weighted by Crippen LogP contribution is -2.34. The minimum absolute atomic E-state index is 0.270. The lowest BCUT2D eigenvalue weighted by Gasteiger charge is -2.23. The van der Waals surface area contributed by atoms with E-state index in [1.54, 1.807) is 13.0 Å². The van der Waals surface area contributed by atoms with E-state index in [0.29, 0.717) is 5.02 Å². The Hall–Kier alpha value is -0.490. The normalized spacial score (nSPS) is 13.0. The van der Waals surface area contributed by atoms with Crippen molar-refractivity contribution in [1.82, 2.24) is 0 Å². The van der Waals surface area contributed by atoms with Gasteiger partial charge in [0.25, 0.3) is 0 Å². The Morgan fingerprint density at radius 3 is 2.56 bits per heavy atom. The van der Waals surface area contributed by atoms with Crippen LogP contribution in [0.4, 0.5) is 5.69 Å². The van der Waals surface area contributed by atoms with Gasteiger partial charge in [0.15, 0.2) is 0 Å². The summed E-state index contributed by atoms with van der Waals surface area (Å²) in [6.45, 7) is 7.33. The molecule has 1 atom stereocenters. The zero-order valence-electron chi connectivity index (χ0n) is 10.9. The van der Waals surface area contributed by atoms with Crippen LogP contribution in [-0.4, -0.2) is 17.6 Å². The summed E-state index contributed by atoms with van der Waals surface area (Å²) in [5.41, 5.74) is 0.401. The predicted molar refractivity (Wildman–Crippen MR) is 83.1 cm³/mol. The average molecular weight is 382 g/mol. The summed E-state index contributed by atoms with van der Waals surface area (Å²) in [5, 5.41) is 3.79. The standard InChI is InChI=1S/C13H17ClINO2/c1-8(12(17)18-13(2,3)4)16-11-6-5-9(14)7-10(11)15/h5-8,16H,1-4H3. The van der Waals surface area contributed by atoms with E-state index in [2.05, 4.69) is 27.9 Å². The summed E-state index contributed by atoms with van der Waals surface area (Å²) >= 11 is 8.05. The van der Waals surface area contributed by atoms with Crippen LogP contribution in [0.5, 0.6) is 0 Å². The van der Waals surface area contributed by atoms with E-state index in [0.717, 1.165) is 9.26 Å². The maximum Gasteiger partial charge on any atom is 0.328 e. The summed E-state index contributed by atoms with van der Waals surface area (Å²) in [6, 6.07) is 5.07. The van der Waals surface area contributed by atoms with Crippen LogP contribution in [0.15, 0.2) is 18.2 Å². The van der Waals surface area contributed by atoms with Gasteiger partial charge in [-0.25, -0.2) is 4.79 Å². The number of nitrogens with one attached hydrogen (secondary N) is 1. The Morgan fingerprint density at radius 2 is 2.06 bits per heavy atom. The molecular formula is C13H17ClINO2. The summed E-state index contributed by atoms with van der Waals surface area (Å²) in [6.07, 6.45) is 0. The SMILES string of the molecule is CC(Nc1ccc(Cl)cc1I)C(=O)OC(C)(C)C.